The molecule has 1 aliphatic carbocycles. The standard InChI is InChI=1S/C23H38N4O.HI/c1-4-24-22(25-18-23(11-8-12-23)13-16-28-3)26-19(2)20-9-7-10-21(17-20)27-14-5-6-15-27;/h7,9-10,17,19H,4-6,8,11-16,18H2,1-3H3,(H2,24,25,26);1H. The third-order valence-corrected chi connectivity index (χ3v) is 6.36. The molecule has 0 aromatic heterocycles. The lowest BCUT2D eigenvalue weighted by Gasteiger charge is -2.41. The summed E-state index contributed by atoms with van der Waals surface area (Å²) in [4.78, 5) is 7.45. The summed E-state index contributed by atoms with van der Waals surface area (Å²) >= 11 is 0. The highest BCUT2D eigenvalue weighted by Crippen LogP contribution is 2.44. The number of hydrogen-bond acceptors (Lipinski definition) is 3. The van der Waals surface area contributed by atoms with Crippen LogP contribution in [0.4, 0.5) is 5.69 Å². The maximum absolute atomic E-state index is 5.32. The van der Waals surface area contributed by atoms with E-state index in [2.05, 4.69) is 53.6 Å². The van der Waals surface area contributed by atoms with Gasteiger partial charge >= 0.3 is 0 Å². The normalized spacial score (nSPS) is 19.3. The van der Waals surface area contributed by atoms with Crippen molar-refractivity contribution in [1.82, 2.24) is 10.6 Å². The van der Waals surface area contributed by atoms with Gasteiger partial charge in [-0.25, -0.2) is 0 Å². The predicted octanol–water partition coefficient (Wildman–Crippen LogP) is 4.73. The largest absolute Gasteiger partial charge is 0.385 e. The van der Waals surface area contributed by atoms with E-state index in [1.807, 2.05) is 0 Å². The lowest BCUT2D eigenvalue weighted by molar-refractivity contribution is 0.0778. The van der Waals surface area contributed by atoms with E-state index in [1.165, 1.54) is 56.4 Å². The minimum atomic E-state index is 0. The zero-order valence-corrected chi connectivity index (χ0v) is 20.7. The lowest BCUT2D eigenvalue weighted by Crippen LogP contribution is -2.41. The first kappa shape index (κ1) is 24.3. The molecule has 164 valence electrons. The molecule has 0 spiro atoms. The van der Waals surface area contributed by atoms with Gasteiger partial charge in [0.15, 0.2) is 5.96 Å². The summed E-state index contributed by atoms with van der Waals surface area (Å²) < 4.78 is 5.32. The van der Waals surface area contributed by atoms with Crippen LogP contribution in [-0.4, -0.2) is 45.9 Å². The van der Waals surface area contributed by atoms with Gasteiger partial charge in [0, 0.05) is 45.6 Å². The molecule has 1 aliphatic heterocycles. The zero-order chi connectivity index (χ0) is 19.8. The number of hydrogen-bond donors (Lipinski definition) is 2. The first-order valence-electron chi connectivity index (χ1n) is 11.0. The first-order chi connectivity index (χ1) is 13.7. The number of nitrogens with one attached hydrogen (secondary N) is 2. The van der Waals surface area contributed by atoms with Crippen LogP contribution in [0, 0.1) is 5.41 Å². The number of aliphatic imine (C=N–C) groups is 1. The third-order valence-electron chi connectivity index (χ3n) is 6.36. The van der Waals surface area contributed by atoms with Crippen molar-refractivity contribution in [2.45, 2.75) is 58.4 Å². The van der Waals surface area contributed by atoms with Crippen molar-refractivity contribution in [2.24, 2.45) is 10.4 Å². The monoisotopic (exact) mass is 514 g/mol. The van der Waals surface area contributed by atoms with E-state index >= 15 is 0 Å². The van der Waals surface area contributed by atoms with Crippen molar-refractivity contribution in [3.63, 3.8) is 0 Å². The van der Waals surface area contributed by atoms with Crippen LogP contribution in [-0.2, 0) is 4.74 Å². The van der Waals surface area contributed by atoms with Crippen LogP contribution >= 0.6 is 24.0 Å². The topological polar surface area (TPSA) is 48.9 Å². The Morgan fingerprint density at radius 1 is 1.24 bits per heavy atom. The Balaban J connectivity index is 0.00000300. The van der Waals surface area contributed by atoms with Gasteiger partial charge in [-0.2, -0.15) is 0 Å². The van der Waals surface area contributed by atoms with Gasteiger partial charge in [0.25, 0.3) is 0 Å². The third kappa shape index (κ3) is 6.74. The minimum absolute atomic E-state index is 0. The van der Waals surface area contributed by atoms with Gasteiger partial charge in [0.2, 0.25) is 0 Å². The fourth-order valence-corrected chi connectivity index (χ4v) is 4.30. The van der Waals surface area contributed by atoms with Crippen LogP contribution in [0.3, 0.4) is 0 Å². The molecule has 1 saturated heterocycles. The maximum Gasteiger partial charge on any atom is 0.191 e. The Hall–Kier alpha value is -1.02. The Morgan fingerprint density at radius 3 is 2.62 bits per heavy atom. The van der Waals surface area contributed by atoms with E-state index in [9.17, 15) is 0 Å². The lowest BCUT2D eigenvalue weighted by atomic mass is 9.67. The molecular weight excluding hydrogens is 475 g/mol. The molecule has 0 bridgehead atoms. The Labute approximate surface area is 194 Å². The van der Waals surface area contributed by atoms with Gasteiger partial charge in [-0.15, -0.1) is 24.0 Å². The van der Waals surface area contributed by atoms with Crippen LogP contribution in [0.25, 0.3) is 0 Å². The molecule has 0 amide bonds. The number of nitrogens with zero attached hydrogens (tertiary/aromatic N) is 2. The summed E-state index contributed by atoms with van der Waals surface area (Å²) in [6.45, 7) is 9.29. The van der Waals surface area contributed by atoms with Gasteiger partial charge in [-0.3, -0.25) is 4.99 Å². The molecule has 2 aliphatic rings. The molecule has 1 unspecified atom stereocenters. The van der Waals surface area contributed by atoms with Gasteiger partial charge in [0.05, 0.1) is 6.04 Å². The molecule has 2 N–H and O–H groups in total. The molecule has 6 heteroatoms. The number of guanidine groups is 1. The van der Waals surface area contributed by atoms with Gasteiger partial charge in [-0.05, 0) is 69.1 Å². The van der Waals surface area contributed by atoms with Gasteiger partial charge < -0.3 is 20.3 Å². The summed E-state index contributed by atoms with van der Waals surface area (Å²) in [5, 5.41) is 7.05. The zero-order valence-electron chi connectivity index (χ0n) is 18.4. The van der Waals surface area contributed by atoms with Crippen LogP contribution < -0.4 is 15.5 Å². The predicted molar refractivity (Wildman–Crippen MR) is 134 cm³/mol. The molecule has 3 rings (SSSR count). The quantitative estimate of drug-likeness (QED) is 0.284. The van der Waals surface area contributed by atoms with E-state index in [0.29, 0.717) is 5.41 Å². The van der Waals surface area contributed by atoms with E-state index in [4.69, 9.17) is 9.73 Å². The molecule has 1 aromatic carbocycles. The Bertz CT molecular complexity index is 642. The molecule has 1 saturated carbocycles. The van der Waals surface area contributed by atoms with Crippen LogP contribution in [0.15, 0.2) is 29.3 Å². The summed E-state index contributed by atoms with van der Waals surface area (Å²) in [6.07, 6.45) is 7.59. The fraction of sp³-hybridized carbons (Fsp3) is 0.696. The highest BCUT2D eigenvalue weighted by molar-refractivity contribution is 14.0. The second-order valence-corrected chi connectivity index (χ2v) is 8.45. The number of halogens is 1. The van der Waals surface area contributed by atoms with E-state index in [0.717, 1.165) is 32.1 Å². The van der Waals surface area contributed by atoms with Crippen LogP contribution in [0.2, 0.25) is 0 Å². The summed E-state index contributed by atoms with van der Waals surface area (Å²) in [7, 11) is 1.79. The number of rotatable bonds is 9. The number of methoxy groups -OCH3 is 1. The second-order valence-electron chi connectivity index (χ2n) is 8.45. The fourth-order valence-electron chi connectivity index (χ4n) is 4.30. The molecular formula is C23H39IN4O. The van der Waals surface area contributed by atoms with Crippen LogP contribution in [0.5, 0.6) is 0 Å². The Morgan fingerprint density at radius 2 is 2.00 bits per heavy atom. The molecule has 1 aromatic rings. The highest BCUT2D eigenvalue weighted by Gasteiger charge is 2.36. The summed E-state index contributed by atoms with van der Waals surface area (Å²) in [5.41, 5.74) is 3.00. The second kappa shape index (κ2) is 12.0. The van der Waals surface area contributed by atoms with E-state index in [-0.39, 0.29) is 30.0 Å². The number of ether oxygens (including phenoxy) is 1. The van der Waals surface area contributed by atoms with Crippen molar-refractivity contribution >= 4 is 35.6 Å². The molecule has 5 nitrogen and oxygen atoms in total. The molecule has 2 fully saturated rings. The van der Waals surface area contributed by atoms with Crippen molar-refractivity contribution in [3.8, 4) is 0 Å². The van der Waals surface area contributed by atoms with Crippen LogP contribution in [0.1, 0.15) is 64.0 Å². The Kier molecular flexibility index (Phi) is 10.0. The van der Waals surface area contributed by atoms with Crippen molar-refractivity contribution in [1.29, 1.82) is 0 Å². The van der Waals surface area contributed by atoms with Gasteiger partial charge in [-0.1, -0.05) is 18.6 Å². The molecule has 1 heterocycles. The van der Waals surface area contributed by atoms with Crippen molar-refractivity contribution < 1.29 is 4.74 Å². The smallest absolute Gasteiger partial charge is 0.191 e. The average molecular weight is 514 g/mol. The highest BCUT2D eigenvalue weighted by atomic mass is 127. The van der Waals surface area contributed by atoms with Gasteiger partial charge in [0.1, 0.15) is 0 Å². The van der Waals surface area contributed by atoms with Crippen molar-refractivity contribution in [3.05, 3.63) is 29.8 Å². The maximum atomic E-state index is 5.32. The average Bonchev–Trinajstić information content (AvgIpc) is 3.22. The molecule has 29 heavy (non-hydrogen) atoms. The van der Waals surface area contributed by atoms with E-state index in [1.54, 1.807) is 7.11 Å². The first-order valence-corrected chi connectivity index (χ1v) is 11.0. The SMILES string of the molecule is CCNC(=NCC1(CCOC)CCC1)NC(C)c1cccc(N2CCCC2)c1.I. The summed E-state index contributed by atoms with van der Waals surface area (Å²) in [5.74, 6) is 0.922. The minimum Gasteiger partial charge on any atom is -0.385 e. The molecule has 0 radical (unpaired) electrons. The van der Waals surface area contributed by atoms with E-state index < -0.39 is 0 Å². The number of benzene rings is 1. The van der Waals surface area contributed by atoms with Crippen molar-refractivity contribution in [2.75, 3.05) is 44.8 Å². The molecule has 1 atom stereocenters. The number of anilines is 1. The summed E-state index contributed by atoms with van der Waals surface area (Å²) in [6, 6.07) is 9.18.